The summed E-state index contributed by atoms with van der Waals surface area (Å²) in [5, 5.41) is 9.88. The van der Waals surface area contributed by atoms with Crippen LogP contribution in [0.25, 0.3) is 0 Å². The van der Waals surface area contributed by atoms with E-state index < -0.39 is 47.1 Å². The molecule has 3 heterocycles. The van der Waals surface area contributed by atoms with Gasteiger partial charge in [0.15, 0.2) is 0 Å². The van der Waals surface area contributed by atoms with Crippen LogP contribution in [0.2, 0.25) is 0 Å². The van der Waals surface area contributed by atoms with Gasteiger partial charge in [0.25, 0.3) is 0 Å². The van der Waals surface area contributed by atoms with Gasteiger partial charge in [-0.05, 0) is 41.0 Å². The van der Waals surface area contributed by atoms with E-state index in [0.717, 1.165) is 0 Å². The standard InChI is InChI=1S/C22H33BrN2O6/c1-7-9-24(21(4,5)6)19(28)17-22-10-13(23)16(31-22)14(20(29)30-8-2)15(22)18(27)25(17)12(3)11-26/h7,12-17,26H,1,8-11H2,2-6H3/t12-,13?,14+,15+,16+,17?,22?/m1/s1. The van der Waals surface area contributed by atoms with E-state index in [1.807, 2.05) is 20.8 Å². The van der Waals surface area contributed by atoms with Crippen LogP contribution in [-0.2, 0) is 23.9 Å². The van der Waals surface area contributed by atoms with E-state index in [4.69, 9.17) is 9.47 Å². The van der Waals surface area contributed by atoms with Crippen LogP contribution in [0.3, 0.4) is 0 Å². The third-order valence-electron chi connectivity index (χ3n) is 6.65. The van der Waals surface area contributed by atoms with Gasteiger partial charge in [-0.25, -0.2) is 0 Å². The molecule has 3 saturated heterocycles. The van der Waals surface area contributed by atoms with Crippen molar-refractivity contribution >= 4 is 33.7 Å². The second-order valence-electron chi connectivity index (χ2n) is 9.60. The fourth-order valence-corrected chi connectivity index (χ4v) is 6.33. The molecular weight excluding hydrogens is 468 g/mol. The quantitative estimate of drug-likeness (QED) is 0.323. The molecule has 3 aliphatic rings. The van der Waals surface area contributed by atoms with Crippen LogP contribution in [0, 0.1) is 11.8 Å². The fourth-order valence-electron chi connectivity index (χ4n) is 5.39. The number of alkyl halides is 1. The summed E-state index contributed by atoms with van der Waals surface area (Å²) in [4.78, 5) is 43.4. The minimum absolute atomic E-state index is 0.187. The summed E-state index contributed by atoms with van der Waals surface area (Å²) in [5.41, 5.74) is -1.68. The van der Waals surface area contributed by atoms with Gasteiger partial charge < -0.3 is 24.4 Å². The average molecular weight is 501 g/mol. The van der Waals surface area contributed by atoms with Gasteiger partial charge in [0.2, 0.25) is 11.8 Å². The normalized spacial score (nSPS) is 35.1. The minimum atomic E-state index is -1.15. The van der Waals surface area contributed by atoms with Crippen LogP contribution in [0.1, 0.15) is 41.0 Å². The lowest BCUT2D eigenvalue weighted by molar-refractivity contribution is -0.156. The van der Waals surface area contributed by atoms with Crippen molar-refractivity contribution in [2.45, 2.75) is 75.2 Å². The molecule has 0 radical (unpaired) electrons. The largest absolute Gasteiger partial charge is 0.466 e. The summed E-state index contributed by atoms with van der Waals surface area (Å²) in [6.45, 7) is 13.1. The third kappa shape index (κ3) is 3.62. The molecule has 0 aromatic rings. The molecule has 1 N–H and O–H groups in total. The first-order valence-electron chi connectivity index (χ1n) is 10.8. The molecule has 0 aromatic carbocycles. The Morgan fingerprint density at radius 2 is 2.13 bits per heavy atom. The zero-order chi connectivity index (χ0) is 23.3. The Hall–Kier alpha value is -1.45. The maximum absolute atomic E-state index is 14.0. The third-order valence-corrected chi connectivity index (χ3v) is 7.49. The highest BCUT2D eigenvalue weighted by Gasteiger charge is 2.77. The number of hydrogen-bond donors (Lipinski definition) is 1. The Labute approximate surface area is 192 Å². The molecule has 8 nitrogen and oxygen atoms in total. The number of fused-ring (bicyclic) bond motifs is 1. The van der Waals surface area contributed by atoms with E-state index in [-0.39, 0.29) is 29.9 Å². The number of rotatable bonds is 7. The highest BCUT2D eigenvalue weighted by Crippen LogP contribution is 2.60. The van der Waals surface area contributed by atoms with Crippen molar-refractivity contribution in [2.24, 2.45) is 11.8 Å². The average Bonchev–Trinajstić information content (AvgIpc) is 3.27. The van der Waals surface area contributed by atoms with Crippen LogP contribution in [0.15, 0.2) is 12.7 Å². The van der Waals surface area contributed by atoms with E-state index in [1.165, 1.54) is 4.90 Å². The van der Waals surface area contributed by atoms with Gasteiger partial charge in [0.1, 0.15) is 11.6 Å². The van der Waals surface area contributed by atoms with Crippen molar-refractivity contribution in [3.05, 3.63) is 12.7 Å². The number of hydrogen-bond acceptors (Lipinski definition) is 6. The lowest BCUT2D eigenvalue weighted by atomic mass is 9.70. The number of nitrogens with zero attached hydrogens (tertiary/aromatic N) is 2. The number of aliphatic hydroxyl groups excluding tert-OH is 1. The maximum Gasteiger partial charge on any atom is 0.312 e. The summed E-state index contributed by atoms with van der Waals surface area (Å²) >= 11 is 3.61. The Kier molecular flexibility index (Phi) is 6.62. The Bertz CT molecular complexity index is 768. The smallest absolute Gasteiger partial charge is 0.312 e. The molecule has 9 heteroatoms. The zero-order valence-electron chi connectivity index (χ0n) is 18.8. The maximum atomic E-state index is 14.0. The van der Waals surface area contributed by atoms with Crippen molar-refractivity contribution in [2.75, 3.05) is 19.8 Å². The molecule has 174 valence electrons. The first kappa shape index (κ1) is 24.2. The van der Waals surface area contributed by atoms with Crippen molar-refractivity contribution in [3.63, 3.8) is 0 Å². The number of ether oxygens (including phenoxy) is 2. The minimum Gasteiger partial charge on any atom is -0.466 e. The van der Waals surface area contributed by atoms with Crippen LogP contribution < -0.4 is 0 Å². The lowest BCUT2D eigenvalue weighted by Gasteiger charge is -2.43. The van der Waals surface area contributed by atoms with Crippen LogP contribution in [0.4, 0.5) is 0 Å². The Morgan fingerprint density at radius 3 is 2.65 bits per heavy atom. The first-order valence-corrected chi connectivity index (χ1v) is 11.7. The summed E-state index contributed by atoms with van der Waals surface area (Å²) in [7, 11) is 0. The molecule has 0 aromatic heterocycles. The highest BCUT2D eigenvalue weighted by molar-refractivity contribution is 9.09. The molecular formula is C22H33BrN2O6. The van der Waals surface area contributed by atoms with E-state index in [1.54, 1.807) is 24.8 Å². The predicted octanol–water partition coefficient (Wildman–Crippen LogP) is 1.49. The van der Waals surface area contributed by atoms with Crippen LogP contribution >= 0.6 is 15.9 Å². The fraction of sp³-hybridized carbons (Fsp3) is 0.773. The predicted molar refractivity (Wildman–Crippen MR) is 117 cm³/mol. The molecule has 1 spiro atoms. The molecule has 2 bridgehead atoms. The lowest BCUT2D eigenvalue weighted by Crippen LogP contribution is -2.61. The number of carbonyl (C=O) groups is 3. The van der Waals surface area contributed by atoms with Gasteiger partial charge in [0, 0.05) is 16.9 Å². The van der Waals surface area contributed by atoms with Gasteiger partial charge in [-0.2, -0.15) is 0 Å². The summed E-state index contributed by atoms with van der Waals surface area (Å²) in [5.74, 6) is -2.71. The van der Waals surface area contributed by atoms with Crippen molar-refractivity contribution in [3.8, 4) is 0 Å². The van der Waals surface area contributed by atoms with E-state index in [2.05, 4.69) is 22.5 Å². The van der Waals surface area contributed by atoms with Gasteiger partial charge in [0.05, 0.1) is 37.2 Å². The van der Waals surface area contributed by atoms with Gasteiger partial charge in [-0.3, -0.25) is 14.4 Å². The molecule has 3 rings (SSSR count). The highest BCUT2D eigenvalue weighted by atomic mass is 79.9. The number of halogens is 1. The zero-order valence-corrected chi connectivity index (χ0v) is 20.4. The Morgan fingerprint density at radius 1 is 1.48 bits per heavy atom. The van der Waals surface area contributed by atoms with Crippen LogP contribution in [-0.4, -0.2) is 86.6 Å². The molecule has 2 amide bonds. The first-order chi connectivity index (χ1) is 14.5. The SMILES string of the molecule is C=CCN(C(=O)C1N([C@H](C)CO)C(=O)[C@@H]2[C@H](C(=O)OCC)[C@H]3OC12CC3Br)C(C)(C)C. The summed E-state index contributed by atoms with van der Waals surface area (Å²) in [6.07, 6.45) is 1.52. The number of aliphatic hydroxyl groups is 1. The molecule has 7 atom stereocenters. The van der Waals surface area contributed by atoms with E-state index in [0.29, 0.717) is 13.0 Å². The van der Waals surface area contributed by atoms with E-state index >= 15 is 0 Å². The van der Waals surface area contributed by atoms with Crippen LogP contribution in [0.5, 0.6) is 0 Å². The topological polar surface area (TPSA) is 96.4 Å². The number of esters is 1. The second-order valence-corrected chi connectivity index (χ2v) is 10.8. The molecule has 3 fully saturated rings. The molecule has 3 unspecified atom stereocenters. The molecule has 0 saturated carbocycles. The van der Waals surface area contributed by atoms with E-state index in [9.17, 15) is 19.5 Å². The second kappa shape index (κ2) is 8.48. The molecule has 31 heavy (non-hydrogen) atoms. The summed E-state index contributed by atoms with van der Waals surface area (Å²) < 4.78 is 11.7. The number of amides is 2. The van der Waals surface area contributed by atoms with Crippen molar-refractivity contribution in [1.29, 1.82) is 0 Å². The monoisotopic (exact) mass is 500 g/mol. The van der Waals surface area contributed by atoms with Gasteiger partial charge >= 0.3 is 5.97 Å². The number of carbonyl (C=O) groups excluding carboxylic acids is 3. The van der Waals surface area contributed by atoms with Gasteiger partial charge in [-0.15, -0.1) is 6.58 Å². The van der Waals surface area contributed by atoms with Crippen molar-refractivity contribution < 1.29 is 29.0 Å². The van der Waals surface area contributed by atoms with Gasteiger partial charge in [-0.1, -0.05) is 22.0 Å². The molecule has 0 aliphatic carbocycles. The summed E-state index contributed by atoms with van der Waals surface area (Å²) in [6, 6.07) is -1.55. The molecule has 3 aliphatic heterocycles. The van der Waals surface area contributed by atoms with Crippen molar-refractivity contribution in [1.82, 2.24) is 9.80 Å². The number of likely N-dealkylation sites (tertiary alicyclic amines) is 1. The Balaban J connectivity index is 2.13.